The summed E-state index contributed by atoms with van der Waals surface area (Å²) in [6.07, 6.45) is 1.16. The van der Waals surface area contributed by atoms with Crippen molar-refractivity contribution in [2.45, 2.75) is 38.6 Å². The molecule has 8 heteroatoms. The van der Waals surface area contributed by atoms with Crippen LogP contribution in [0.5, 0.6) is 0 Å². The van der Waals surface area contributed by atoms with Crippen LogP contribution in [0.15, 0.2) is 66.7 Å². The molecule has 4 rings (SSSR count). The number of carbonyl (C=O) groups is 3. The molecule has 186 valence electrons. The average Bonchev–Trinajstić information content (AvgIpc) is 3.36. The average molecular weight is 490 g/mol. The molecular formula is C28H28FN3O4. The molecule has 1 fully saturated rings. The van der Waals surface area contributed by atoms with Gasteiger partial charge in [-0.25, -0.2) is 14.0 Å². The van der Waals surface area contributed by atoms with E-state index in [4.69, 9.17) is 5.11 Å². The van der Waals surface area contributed by atoms with Crippen LogP contribution in [0.3, 0.4) is 0 Å². The summed E-state index contributed by atoms with van der Waals surface area (Å²) in [5, 5.41) is 14.5. The molecule has 7 nitrogen and oxygen atoms in total. The van der Waals surface area contributed by atoms with Gasteiger partial charge in [-0.3, -0.25) is 4.79 Å². The number of carbonyl (C=O) groups excluding carboxylic acids is 2. The number of benzene rings is 3. The van der Waals surface area contributed by atoms with Gasteiger partial charge in [-0.2, -0.15) is 0 Å². The number of carboxylic acids is 1. The molecule has 1 atom stereocenters. The van der Waals surface area contributed by atoms with Gasteiger partial charge in [0.25, 0.3) is 0 Å². The van der Waals surface area contributed by atoms with E-state index in [0.29, 0.717) is 42.1 Å². The molecule has 1 aliphatic heterocycles. The summed E-state index contributed by atoms with van der Waals surface area (Å²) in [6, 6.07) is 17.0. The summed E-state index contributed by atoms with van der Waals surface area (Å²) in [5.74, 6) is -1.73. The summed E-state index contributed by atoms with van der Waals surface area (Å²) in [5.41, 5.74) is 3.16. The van der Waals surface area contributed by atoms with Crippen molar-refractivity contribution in [2.75, 3.05) is 17.2 Å². The number of aromatic carboxylic acids is 1. The Balaban J connectivity index is 1.41. The number of urea groups is 1. The van der Waals surface area contributed by atoms with E-state index in [-0.39, 0.29) is 17.3 Å². The van der Waals surface area contributed by atoms with E-state index in [2.05, 4.69) is 24.5 Å². The molecule has 0 aromatic heterocycles. The Kier molecular flexibility index (Phi) is 7.33. The van der Waals surface area contributed by atoms with Gasteiger partial charge in [0.05, 0.1) is 11.3 Å². The molecule has 0 bridgehead atoms. The first-order chi connectivity index (χ1) is 17.2. The van der Waals surface area contributed by atoms with Crippen LogP contribution in [-0.2, 0) is 4.79 Å². The lowest BCUT2D eigenvalue weighted by molar-refractivity contribution is -0.119. The fraction of sp³-hybridized carbons (Fsp3) is 0.250. The molecular weight excluding hydrogens is 461 g/mol. The molecule has 3 amide bonds. The second-order valence-electron chi connectivity index (χ2n) is 9.12. The first-order valence-corrected chi connectivity index (χ1v) is 11.8. The number of hydrogen-bond acceptors (Lipinski definition) is 3. The Bertz CT molecular complexity index is 1270. The lowest BCUT2D eigenvalue weighted by atomic mass is 10.0. The number of nitrogens with one attached hydrogen (secondary N) is 2. The van der Waals surface area contributed by atoms with Gasteiger partial charge >= 0.3 is 12.0 Å². The van der Waals surface area contributed by atoms with Gasteiger partial charge in [-0.05, 0) is 71.8 Å². The van der Waals surface area contributed by atoms with E-state index in [1.807, 2.05) is 24.3 Å². The molecule has 0 saturated carbocycles. The quantitative estimate of drug-likeness (QED) is 0.398. The van der Waals surface area contributed by atoms with Crippen molar-refractivity contribution in [1.82, 2.24) is 4.90 Å². The van der Waals surface area contributed by atoms with Crippen LogP contribution >= 0.6 is 0 Å². The second-order valence-corrected chi connectivity index (χ2v) is 9.12. The predicted molar refractivity (Wildman–Crippen MR) is 137 cm³/mol. The van der Waals surface area contributed by atoms with Gasteiger partial charge < -0.3 is 20.6 Å². The van der Waals surface area contributed by atoms with Crippen LogP contribution in [0.25, 0.3) is 11.1 Å². The molecule has 1 heterocycles. The lowest BCUT2D eigenvalue weighted by Crippen LogP contribution is -2.45. The monoisotopic (exact) mass is 489 g/mol. The third-order valence-electron chi connectivity index (χ3n) is 6.34. The second kappa shape index (κ2) is 10.6. The minimum absolute atomic E-state index is 0.0161. The summed E-state index contributed by atoms with van der Waals surface area (Å²) in [4.78, 5) is 38.3. The summed E-state index contributed by atoms with van der Waals surface area (Å²) < 4.78 is 14.8. The Morgan fingerprint density at radius 1 is 0.944 bits per heavy atom. The highest BCUT2D eigenvalue weighted by Gasteiger charge is 2.34. The summed E-state index contributed by atoms with van der Waals surface area (Å²) in [7, 11) is 0. The van der Waals surface area contributed by atoms with Crippen molar-refractivity contribution in [3.05, 3.63) is 83.7 Å². The number of nitrogens with zero attached hydrogens (tertiary/aromatic N) is 1. The zero-order chi connectivity index (χ0) is 25.8. The number of anilines is 2. The molecule has 3 N–H and O–H groups in total. The van der Waals surface area contributed by atoms with Crippen LogP contribution in [0, 0.1) is 5.82 Å². The molecule has 1 aliphatic rings. The first-order valence-electron chi connectivity index (χ1n) is 11.8. The first kappa shape index (κ1) is 24.9. The predicted octanol–water partition coefficient (Wildman–Crippen LogP) is 5.95. The zero-order valence-electron chi connectivity index (χ0n) is 20.1. The maximum Gasteiger partial charge on any atom is 0.335 e. The van der Waals surface area contributed by atoms with E-state index < -0.39 is 23.7 Å². The minimum atomic E-state index is -1.04. The van der Waals surface area contributed by atoms with Gasteiger partial charge in [-0.1, -0.05) is 44.2 Å². The lowest BCUT2D eigenvalue weighted by Gasteiger charge is -2.24. The van der Waals surface area contributed by atoms with Crippen molar-refractivity contribution >= 4 is 29.3 Å². The van der Waals surface area contributed by atoms with Crippen LogP contribution in [-0.4, -0.2) is 40.5 Å². The highest BCUT2D eigenvalue weighted by Crippen LogP contribution is 2.27. The topological polar surface area (TPSA) is 98.7 Å². The van der Waals surface area contributed by atoms with Gasteiger partial charge in [-0.15, -0.1) is 0 Å². The van der Waals surface area contributed by atoms with E-state index in [1.54, 1.807) is 18.2 Å². The Labute approximate surface area is 208 Å². The third kappa shape index (κ3) is 5.54. The maximum absolute atomic E-state index is 14.8. The summed E-state index contributed by atoms with van der Waals surface area (Å²) in [6.45, 7) is 4.62. The highest BCUT2D eigenvalue weighted by atomic mass is 19.1. The number of rotatable bonds is 6. The Morgan fingerprint density at radius 2 is 1.61 bits per heavy atom. The molecule has 0 unspecified atom stereocenters. The molecule has 3 aromatic carbocycles. The number of halogens is 1. The number of carboxylic acid groups (broad SMARTS) is 1. The number of amides is 3. The van der Waals surface area contributed by atoms with Crippen molar-refractivity contribution in [1.29, 1.82) is 0 Å². The van der Waals surface area contributed by atoms with Crippen LogP contribution < -0.4 is 10.6 Å². The molecule has 0 spiro atoms. The Hall–Kier alpha value is -4.20. The van der Waals surface area contributed by atoms with Crippen LogP contribution in [0.1, 0.15) is 48.5 Å². The van der Waals surface area contributed by atoms with E-state index >= 15 is 0 Å². The fourth-order valence-corrected chi connectivity index (χ4v) is 4.25. The fourth-order valence-electron chi connectivity index (χ4n) is 4.25. The highest BCUT2D eigenvalue weighted by molar-refractivity contribution is 5.99. The zero-order valence-corrected chi connectivity index (χ0v) is 20.1. The van der Waals surface area contributed by atoms with Crippen molar-refractivity contribution < 1.29 is 23.9 Å². The molecule has 36 heavy (non-hydrogen) atoms. The molecule has 1 saturated heterocycles. The Morgan fingerprint density at radius 3 is 2.22 bits per heavy atom. The van der Waals surface area contributed by atoms with Gasteiger partial charge in [0.1, 0.15) is 11.9 Å². The SMILES string of the molecule is CC(C)c1ccc(NC(=O)N2CCC[C@@H]2C(=O)Nc2ccc(-c3ccc(C(=O)O)cc3)cc2F)cc1. The normalized spacial score (nSPS) is 15.1. The van der Waals surface area contributed by atoms with Gasteiger partial charge in [0, 0.05) is 12.2 Å². The van der Waals surface area contributed by atoms with E-state index in [9.17, 15) is 18.8 Å². The van der Waals surface area contributed by atoms with Crippen molar-refractivity contribution in [3.8, 4) is 11.1 Å². The van der Waals surface area contributed by atoms with Crippen molar-refractivity contribution in [3.63, 3.8) is 0 Å². The van der Waals surface area contributed by atoms with Crippen LogP contribution in [0.4, 0.5) is 20.6 Å². The number of hydrogen-bond donors (Lipinski definition) is 3. The van der Waals surface area contributed by atoms with Gasteiger partial charge in [0.15, 0.2) is 0 Å². The molecule has 0 radical (unpaired) electrons. The van der Waals surface area contributed by atoms with E-state index in [1.165, 1.54) is 29.2 Å². The largest absolute Gasteiger partial charge is 0.478 e. The van der Waals surface area contributed by atoms with E-state index in [0.717, 1.165) is 5.56 Å². The summed E-state index contributed by atoms with van der Waals surface area (Å²) >= 11 is 0. The standard InChI is InChI=1S/C28H28FN3O4/c1-17(2)18-9-12-22(13-10-18)30-28(36)32-15-3-4-25(32)26(33)31-24-14-11-21(16-23(24)29)19-5-7-20(8-6-19)27(34)35/h5-14,16-17,25H,3-4,15H2,1-2H3,(H,30,36)(H,31,33)(H,34,35)/t25-/m1/s1. The molecule has 3 aromatic rings. The molecule has 0 aliphatic carbocycles. The van der Waals surface area contributed by atoms with Gasteiger partial charge in [0.2, 0.25) is 5.91 Å². The van der Waals surface area contributed by atoms with Crippen molar-refractivity contribution in [2.24, 2.45) is 0 Å². The minimum Gasteiger partial charge on any atom is -0.478 e. The van der Waals surface area contributed by atoms with Crippen LogP contribution in [0.2, 0.25) is 0 Å². The smallest absolute Gasteiger partial charge is 0.335 e. The number of likely N-dealkylation sites (tertiary alicyclic amines) is 1. The third-order valence-corrected chi connectivity index (χ3v) is 6.34. The maximum atomic E-state index is 14.8.